The monoisotopic (exact) mass is 274 g/mol. The van der Waals surface area contributed by atoms with Gasteiger partial charge >= 0.3 is 0 Å². The minimum atomic E-state index is -0.418. The lowest BCUT2D eigenvalue weighted by Crippen LogP contribution is -2.12. The van der Waals surface area contributed by atoms with Crippen LogP contribution in [0.3, 0.4) is 0 Å². The molecule has 20 heavy (non-hydrogen) atoms. The van der Waals surface area contributed by atoms with E-state index in [9.17, 15) is 9.18 Å². The highest BCUT2D eigenvalue weighted by atomic mass is 19.1. The number of anilines is 2. The molecule has 0 radical (unpaired) electrons. The van der Waals surface area contributed by atoms with E-state index in [0.717, 1.165) is 5.69 Å². The van der Waals surface area contributed by atoms with Gasteiger partial charge in [0.2, 0.25) is 0 Å². The number of nitrogens with one attached hydrogen (secondary N) is 2. The first kappa shape index (κ1) is 13.9. The van der Waals surface area contributed by atoms with E-state index in [4.69, 9.17) is 4.74 Å². The summed E-state index contributed by atoms with van der Waals surface area (Å²) in [6.45, 7) is 0. The maximum atomic E-state index is 13.1. The van der Waals surface area contributed by atoms with Crippen LogP contribution in [0.4, 0.5) is 15.8 Å². The average molecular weight is 274 g/mol. The first-order valence-electron chi connectivity index (χ1n) is 6.06. The normalized spacial score (nSPS) is 9.95. The number of ether oxygens (including phenoxy) is 1. The van der Waals surface area contributed by atoms with E-state index in [2.05, 4.69) is 10.6 Å². The smallest absolute Gasteiger partial charge is 0.255 e. The molecule has 0 aliphatic carbocycles. The molecule has 0 aliphatic heterocycles. The van der Waals surface area contributed by atoms with Gasteiger partial charge in [0.05, 0.1) is 12.8 Å². The van der Waals surface area contributed by atoms with Gasteiger partial charge in [0.15, 0.2) is 0 Å². The molecule has 0 aromatic heterocycles. The molecule has 2 aromatic carbocycles. The Hall–Kier alpha value is -2.56. The molecule has 104 valence electrons. The lowest BCUT2D eigenvalue weighted by atomic mass is 10.2. The van der Waals surface area contributed by atoms with Gasteiger partial charge in [0.1, 0.15) is 11.6 Å². The lowest BCUT2D eigenvalue weighted by molar-refractivity contribution is 0.102. The molecule has 0 bridgehead atoms. The van der Waals surface area contributed by atoms with Crippen LogP contribution < -0.4 is 15.4 Å². The van der Waals surface area contributed by atoms with E-state index >= 15 is 0 Å². The molecule has 0 heterocycles. The molecular weight excluding hydrogens is 259 g/mol. The van der Waals surface area contributed by atoms with E-state index in [1.165, 1.54) is 25.3 Å². The highest BCUT2D eigenvalue weighted by Gasteiger charge is 2.10. The number of carbonyl (C=O) groups excluding carboxylic acids is 1. The first-order valence-corrected chi connectivity index (χ1v) is 6.06. The minimum absolute atomic E-state index is 0.280. The van der Waals surface area contributed by atoms with Crippen LogP contribution in [-0.4, -0.2) is 20.1 Å². The molecule has 0 spiro atoms. The van der Waals surface area contributed by atoms with Crippen LogP contribution in [0.25, 0.3) is 0 Å². The number of carbonyl (C=O) groups is 1. The van der Waals surface area contributed by atoms with Crippen molar-refractivity contribution < 1.29 is 13.9 Å². The van der Waals surface area contributed by atoms with Crippen molar-refractivity contribution in [1.29, 1.82) is 0 Å². The van der Waals surface area contributed by atoms with Crippen molar-refractivity contribution in [2.24, 2.45) is 0 Å². The van der Waals surface area contributed by atoms with Gasteiger partial charge in [0.25, 0.3) is 5.91 Å². The fourth-order valence-electron chi connectivity index (χ4n) is 1.75. The van der Waals surface area contributed by atoms with Crippen molar-refractivity contribution in [3.8, 4) is 5.75 Å². The standard InChI is InChI=1S/C15H15FN2O2/c1-17-12-6-3-10(4-7-12)15(19)18-13-8-5-11(16)9-14(13)20-2/h3-9,17H,1-2H3,(H,18,19). The summed E-state index contributed by atoms with van der Waals surface area (Å²) in [7, 11) is 3.23. The quantitative estimate of drug-likeness (QED) is 0.900. The Morgan fingerprint density at radius 1 is 1.15 bits per heavy atom. The fraction of sp³-hybridized carbons (Fsp3) is 0.133. The minimum Gasteiger partial charge on any atom is -0.494 e. The van der Waals surface area contributed by atoms with Crippen LogP contribution in [0, 0.1) is 5.82 Å². The van der Waals surface area contributed by atoms with E-state index in [0.29, 0.717) is 11.3 Å². The summed E-state index contributed by atoms with van der Waals surface area (Å²) in [5, 5.41) is 5.67. The largest absolute Gasteiger partial charge is 0.494 e. The summed E-state index contributed by atoms with van der Waals surface area (Å²) in [4.78, 5) is 12.1. The maximum Gasteiger partial charge on any atom is 0.255 e. The molecule has 5 heteroatoms. The van der Waals surface area contributed by atoms with Crippen molar-refractivity contribution in [3.05, 3.63) is 53.8 Å². The predicted octanol–water partition coefficient (Wildman–Crippen LogP) is 3.13. The molecule has 0 saturated heterocycles. The molecule has 2 N–H and O–H groups in total. The summed E-state index contributed by atoms with van der Waals surface area (Å²) in [6.07, 6.45) is 0. The molecule has 0 aliphatic rings. The third-order valence-corrected chi connectivity index (χ3v) is 2.85. The van der Waals surface area contributed by atoms with Gasteiger partial charge in [-0.2, -0.15) is 0 Å². The van der Waals surface area contributed by atoms with Crippen LogP contribution in [0.2, 0.25) is 0 Å². The van der Waals surface area contributed by atoms with E-state index in [1.54, 1.807) is 31.3 Å². The van der Waals surface area contributed by atoms with Gasteiger partial charge in [-0.05, 0) is 36.4 Å². The van der Waals surface area contributed by atoms with Crippen molar-refractivity contribution in [3.63, 3.8) is 0 Å². The molecule has 0 atom stereocenters. The van der Waals surface area contributed by atoms with E-state index in [-0.39, 0.29) is 11.7 Å². The van der Waals surface area contributed by atoms with Gasteiger partial charge in [0, 0.05) is 24.4 Å². The van der Waals surface area contributed by atoms with Crippen molar-refractivity contribution in [2.45, 2.75) is 0 Å². The number of hydrogen-bond acceptors (Lipinski definition) is 3. The number of methoxy groups -OCH3 is 1. The molecule has 1 amide bonds. The maximum absolute atomic E-state index is 13.1. The molecule has 2 rings (SSSR count). The molecule has 0 unspecified atom stereocenters. The van der Waals surface area contributed by atoms with Gasteiger partial charge < -0.3 is 15.4 Å². The Bertz CT molecular complexity index is 612. The molecule has 0 fully saturated rings. The number of benzene rings is 2. The second-order valence-corrected chi connectivity index (χ2v) is 4.13. The highest BCUT2D eigenvalue weighted by molar-refractivity contribution is 6.05. The highest BCUT2D eigenvalue weighted by Crippen LogP contribution is 2.25. The Morgan fingerprint density at radius 2 is 1.85 bits per heavy atom. The summed E-state index contributed by atoms with van der Waals surface area (Å²) < 4.78 is 18.1. The van der Waals surface area contributed by atoms with Gasteiger partial charge in [-0.1, -0.05) is 0 Å². The predicted molar refractivity (Wildman–Crippen MR) is 76.9 cm³/mol. The Balaban J connectivity index is 2.18. The SMILES string of the molecule is CNc1ccc(C(=O)Nc2ccc(F)cc2OC)cc1. The number of halogens is 1. The van der Waals surface area contributed by atoms with Crippen molar-refractivity contribution in [2.75, 3.05) is 24.8 Å². The van der Waals surface area contributed by atoms with E-state index < -0.39 is 5.82 Å². The third-order valence-electron chi connectivity index (χ3n) is 2.85. The van der Waals surface area contributed by atoms with Gasteiger partial charge in [-0.15, -0.1) is 0 Å². The lowest BCUT2D eigenvalue weighted by Gasteiger charge is -2.10. The summed E-state index contributed by atoms with van der Waals surface area (Å²) in [5.74, 6) is -0.416. The zero-order valence-electron chi connectivity index (χ0n) is 11.2. The van der Waals surface area contributed by atoms with Crippen LogP contribution in [0.5, 0.6) is 5.75 Å². The number of amides is 1. The number of rotatable bonds is 4. The second kappa shape index (κ2) is 6.06. The number of hydrogen-bond donors (Lipinski definition) is 2. The molecule has 2 aromatic rings. The summed E-state index contributed by atoms with van der Waals surface area (Å²) >= 11 is 0. The molecular formula is C15H15FN2O2. The van der Waals surface area contributed by atoms with Crippen LogP contribution in [-0.2, 0) is 0 Å². The van der Waals surface area contributed by atoms with Crippen LogP contribution in [0.15, 0.2) is 42.5 Å². The first-order chi connectivity index (χ1) is 9.63. The van der Waals surface area contributed by atoms with Crippen molar-refractivity contribution >= 4 is 17.3 Å². The Morgan fingerprint density at radius 3 is 2.45 bits per heavy atom. The zero-order chi connectivity index (χ0) is 14.5. The molecule has 4 nitrogen and oxygen atoms in total. The van der Waals surface area contributed by atoms with Crippen LogP contribution in [0.1, 0.15) is 10.4 Å². The van der Waals surface area contributed by atoms with E-state index in [1.807, 2.05) is 0 Å². The van der Waals surface area contributed by atoms with Crippen molar-refractivity contribution in [1.82, 2.24) is 0 Å². The Kier molecular flexibility index (Phi) is 4.20. The van der Waals surface area contributed by atoms with Gasteiger partial charge in [-0.3, -0.25) is 4.79 Å². The summed E-state index contributed by atoms with van der Waals surface area (Å²) in [5.41, 5.74) is 1.85. The average Bonchev–Trinajstić information content (AvgIpc) is 2.49. The zero-order valence-corrected chi connectivity index (χ0v) is 11.2. The topological polar surface area (TPSA) is 50.4 Å². The Labute approximate surface area is 116 Å². The summed E-state index contributed by atoms with van der Waals surface area (Å²) in [6, 6.07) is 11.0. The van der Waals surface area contributed by atoms with Gasteiger partial charge in [-0.25, -0.2) is 4.39 Å². The van der Waals surface area contributed by atoms with Crippen LogP contribution >= 0.6 is 0 Å². The third kappa shape index (κ3) is 3.06. The second-order valence-electron chi connectivity index (χ2n) is 4.13. The fourth-order valence-corrected chi connectivity index (χ4v) is 1.75. The molecule has 0 saturated carbocycles.